The topological polar surface area (TPSA) is 65.1 Å². The molecule has 0 aliphatic carbocycles. The lowest BCUT2D eigenvalue weighted by atomic mass is 10.1. The van der Waals surface area contributed by atoms with Gasteiger partial charge in [-0.3, -0.25) is 0 Å². The molecule has 0 N–H and O–H groups in total. The number of hydrogen-bond acceptors (Lipinski definition) is 6. The molecule has 0 radical (unpaired) electrons. The minimum atomic E-state index is -0.264. The normalized spacial score (nSPS) is 11.3. The first kappa shape index (κ1) is 13.9. The van der Waals surface area contributed by atoms with E-state index in [9.17, 15) is 4.79 Å². The zero-order chi connectivity index (χ0) is 13.8. The molecule has 1 aromatic carbocycles. The molecule has 19 heavy (non-hydrogen) atoms. The van der Waals surface area contributed by atoms with Gasteiger partial charge in [0.25, 0.3) is 0 Å². The van der Waals surface area contributed by atoms with Gasteiger partial charge in [-0.2, -0.15) is 9.36 Å². The third-order valence-corrected chi connectivity index (χ3v) is 3.67. The van der Waals surface area contributed by atoms with E-state index < -0.39 is 0 Å². The van der Waals surface area contributed by atoms with Crippen LogP contribution < -0.4 is 5.69 Å². The zero-order valence-corrected chi connectivity index (χ0v) is 12.2. The number of rotatable bonds is 4. The predicted octanol–water partition coefficient (Wildman–Crippen LogP) is 1.38. The minimum absolute atomic E-state index is 0.264. The van der Waals surface area contributed by atoms with Gasteiger partial charge in [0, 0.05) is 12.8 Å². The van der Waals surface area contributed by atoms with Crippen LogP contribution in [0, 0.1) is 6.92 Å². The Kier molecular flexibility index (Phi) is 4.43. The molecule has 100 valence electrons. The van der Waals surface area contributed by atoms with E-state index in [-0.39, 0.29) is 5.69 Å². The lowest BCUT2D eigenvalue weighted by Crippen LogP contribution is -2.23. The first-order valence-corrected chi connectivity index (χ1v) is 6.95. The summed E-state index contributed by atoms with van der Waals surface area (Å²) in [6, 6.07) is 5.75. The molecule has 8 heteroatoms. The Labute approximate surface area is 120 Å². The first-order chi connectivity index (χ1) is 9.15. The first-order valence-electron chi connectivity index (χ1n) is 5.50. The van der Waals surface area contributed by atoms with E-state index in [2.05, 4.69) is 27.6 Å². The highest BCUT2D eigenvalue weighted by Gasteiger charge is 2.12. The van der Waals surface area contributed by atoms with Crippen LogP contribution in [0.15, 0.2) is 27.4 Å². The number of hydrogen-bond donors (Lipinski definition) is 1. The Morgan fingerprint density at radius 1 is 1.47 bits per heavy atom. The number of aromatic nitrogens is 4. The van der Waals surface area contributed by atoms with E-state index in [4.69, 9.17) is 0 Å². The summed E-state index contributed by atoms with van der Waals surface area (Å²) in [6.45, 7) is 2.00. The molecule has 2 aromatic rings. The molecule has 0 saturated heterocycles. The Morgan fingerprint density at radius 2 is 2.26 bits per heavy atom. The predicted molar refractivity (Wildman–Crippen MR) is 80.1 cm³/mol. The fourth-order valence-electron chi connectivity index (χ4n) is 1.69. The standard InChI is InChI=1S/C11H13N5OS2/c1-8-4-3-5-10(9(8)6-19-7-12-18)16-11(17)15(2)13-14-16/h3-5,7,18H,6H2,1-2H3. The molecule has 0 unspecified atom stereocenters. The molecule has 2 rings (SSSR count). The van der Waals surface area contributed by atoms with Crippen molar-refractivity contribution in [2.45, 2.75) is 12.7 Å². The van der Waals surface area contributed by atoms with Crippen molar-refractivity contribution in [1.29, 1.82) is 0 Å². The molecule has 0 bridgehead atoms. The van der Waals surface area contributed by atoms with Crippen LogP contribution >= 0.6 is 24.6 Å². The lowest BCUT2D eigenvalue weighted by molar-refractivity contribution is 0.692. The van der Waals surface area contributed by atoms with Crippen LogP contribution in [0.4, 0.5) is 0 Å². The Morgan fingerprint density at radius 3 is 2.89 bits per heavy atom. The van der Waals surface area contributed by atoms with Crippen molar-refractivity contribution in [3.05, 3.63) is 39.8 Å². The summed E-state index contributed by atoms with van der Waals surface area (Å²) < 4.78 is 6.15. The third-order valence-electron chi connectivity index (χ3n) is 2.68. The van der Waals surface area contributed by atoms with Gasteiger partial charge in [0.15, 0.2) is 0 Å². The van der Waals surface area contributed by atoms with E-state index >= 15 is 0 Å². The fourth-order valence-corrected chi connectivity index (χ4v) is 2.58. The van der Waals surface area contributed by atoms with Gasteiger partial charge >= 0.3 is 5.69 Å². The van der Waals surface area contributed by atoms with E-state index in [0.29, 0.717) is 5.75 Å². The fraction of sp³-hybridized carbons (Fsp3) is 0.273. The molecular weight excluding hydrogens is 282 g/mol. The summed E-state index contributed by atoms with van der Waals surface area (Å²) in [7, 11) is 1.57. The highest BCUT2D eigenvalue weighted by atomic mass is 32.2. The maximum absolute atomic E-state index is 11.9. The van der Waals surface area contributed by atoms with Gasteiger partial charge in [-0.1, -0.05) is 12.1 Å². The molecule has 0 spiro atoms. The molecule has 0 fully saturated rings. The molecule has 1 heterocycles. The Bertz CT molecular complexity index is 661. The van der Waals surface area contributed by atoms with E-state index in [1.54, 1.807) is 12.6 Å². The summed E-state index contributed by atoms with van der Waals surface area (Å²) in [5.74, 6) is 0.690. The second-order valence-electron chi connectivity index (χ2n) is 3.90. The molecule has 6 nitrogen and oxygen atoms in total. The molecule has 1 aromatic heterocycles. The second-order valence-corrected chi connectivity index (χ2v) is 4.97. The van der Waals surface area contributed by atoms with Crippen molar-refractivity contribution in [3.8, 4) is 5.69 Å². The summed E-state index contributed by atoms with van der Waals surface area (Å²) in [5.41, 5.74) is 4.26. The Balaban J connectivity index is 2.48. The molecule has 0 saturated carbocycles. The summed E-state index contributed by atoms with van der Waals surface area (Å²) in [5, 5.41) is 7.61. The number of benzene rings is 1. The Hall–Kier alpha value is -1.54. The highest BCUT2D eigenvalue weighted by Crippen LogP contribution is 2.21. The maximum atomic E-state index is 11.9. The van der Waals surface area contributed by atoms with Crippen molar-refractivity contribution < 1.29 is 0 Å². The van der Waals surface area contributed by atoms with Crippen molar-refractivity contribution in [1.82, 2.24) is 19.8 Å². The van der Waals surface area contributed by atoms with Gasteiger partial charge < -0.3 is 0 Å². The second kappa shape index (κ2) is 6.07. The highest BCUT2D eigenvalue weighted by molar-refractivity contribution is 8.11. The number of thioether (sulfide) groups is 1. The monoisotopic (exact) mass is 295 g/mol. The van der Waals surface area contributed by atoms with Crippen molar-refractivity contribution >= 4 is 30.1 Å². The number of thiol groups is 1. The van der Waals surface area contributed by atoms with Crippen LogP contribution in [0.3, 0.4) is 0 Å². The molecule has 0 amide bonds. The average molecular weight is 295 g/mol. The molecule has 0 aliphatic heterocycles. The van der Waals surface area contributed by atoms with Crippen molar-refractivity contribution in [3.63, 3.8) is 0 Å². The van der Waals surface area contributed by atoms with Crippen LogP contribution in [0.5, 0.6) is 0 Å². The smallest absolute Gasteiger partial charge is 0.244 e. The van der Waals surface area contributed by atoms with Gasteiger partial charge in [-0.15, -0.1) is 11.8 Å². The van der Waals surface area contributed by atoms with E-state index in [1.165, 1.54) is 21.1 Å². The summed E-state index contributed by atoms with van der Waals surface area (Å²) >= 11 is 5.28. The van der Waals surface area contributed by atoms with Crippen LogP contribution in [0.25, 0.3) is 5.69 Å². The molecular formula is C11H13N5OS2. The van der Waals surface area contributed by atoms with Crippen LogP contribution in [0.1, 0.15) is 11.1 Å². The number of tetrazole rings is 1. The summed E-state index contributed by atoms with van der Waals surface area (Å²) in [4.78, 5) is 11.9. The van der Waals surface area contributed by atoms with Gasteiger partial charge in [-0.05, 0) is 47.4 Å². The van der Waals surface area contributed by atoms with Gasteiger partial charge in [-0.25, -0.2) is 9.19 Å². The largest absolute Gasteiger partial charge is 0.368 e. The number of aryl methyl sites for hydroxylation is 2. The SMILES string of the molecule is Cc1cccc(-n2nnn(C)c2=O)c1CSC=NS. The van der Waals surface area contributed by atoms with E-state index in [1.807, 2.05) is 25.1 Å². The maximum Gasteiger partial charge on any atom is 0.368 e. The van der Waals surface area contributed by atoms with Gasteiger partial charge in [0.05, 0.1) is 11.2 Å². The zero-order valence-electron chi connectivity index (χ0n) is 10.5. The van der Waals surface area contributed by atoms with Crippen LogP contribution in [-0.2, 0) is 12.8 Å². The van der Waals surface area contributed by atoms with Crippen molar-refractivity contribution in [2.75, 3.05) is 0 Å². The quantitative estimate of drug-likeness (QED) is 0.526. The summed E-state index contributed by atoms with van der Waals surface area (Å²) in [6.07, 6.45) is 0. The molecule has 0 atom stereocenters. The average Bonchev–Trinajstić information content (AvgIpc) is 2.72. The van der Waals surface area contributed by atoms with E-state index in [0.717, 1.165) is 16.8 Å². The third kappa shape index (κ3) is 2.90. The van der Waals surface area contributed by atoms with Crippen LogP contribution in [0.2, 0.25) is 0 Å². The van der Waals surface area contributed by atoms with Crippen molar-refractivity contribution in [2.24, 2.45) is 11.4 Å². The number of nitrogens with zero attached hydrogens (tertiary/aromatic N) is 5. The molecule has 0 aliphatic rings. The minimum Gasteiger partial charge on any atom is -0.244 e. The van der Waals surface area contributed by atoms with Gasteiger partial charge in [0.1, 0.15) is 0 Å². The van der Waals surface area contributed by atoms with Crippen LogP contribution in [-0.4, -0.2) is 25.3 Å². The van der Waals surface area contributed by atoms with Gasteiger partial charge in [0.2, 0.25) is 0 Å². The lowest BCUT2D eigenvalue weighted by Gasteiger charge is -2.09.